The van der Waals surface area contributed by atoms with E-state index in [4.69, 9.17) is 9.47 Å². The molecular weight excluding hydrogens is 362 g/mol. The van der Waals surface area contributed by atoms with E-state index in [0.717, 1.165) is 41.9 Å². The third-order valence-electron chi connectivity index (χ3n) is 5.97. The summed E-state index contributed by atoms with van der Waals surface area (Å²) in [4.78, 5) is 13.0. The highest BCUT2D eigenvalue weighted by Crippen LogP contribution is 2.40. The van der Waals surface area contributed by atoms with Crippen molar-refractivity contribution in [1.82, 2.24) is 5.32 Å². The van der Waals surface area contributed by atoms with E-state index < -0.39 is 6.10 Å². The first-order chi connectivity index (χ1) is 13.8. The molecule has 0 saturated heterocycles. The molecule has 0 aromatic heterocycles. The molecule has 1 heterocycles. The average molecular weight is 394 g/mol. The van der Waals surface area contributed by atoms with Crippen LogP contribution in [-0.4, -0.2) is 17.6 Å². The van der Waals surface area contributed by atoms with Crippen LogP contribution in [0.25, 0.3) is 0 Å². The van der Waals surface area contributed by atoms with Gasteiger partial charge in [-0.25, -0.2) is 0 Å². The summed E-state index contributed by atoms with van der Waals surface area (Å²) in [7, 11) is 0. The van der Waals surface area contributed by atoms with Crippen molar-refractivity contribution in [2.24, 2.45) is 0 Å². The third-order valence-corrected chi connectivity index (χ3v) is 5.97. The van der Waals surface area contributed by atoms with E-state index in [1.165, 1.54) is 24.0 Å². The Morgan fingerprint density at radius 1 is 1.21 bits per heavy atom. The van der Waals surface area contributed by atoms with Gasteiger partial charge in [0.1, 0.15) is 17.1 Å². The Balaban J connectivity index is 1.50. The highest BCUT2D eigenvalue weighted by Gasteiger charge is 2.35. The lowest BCUT2D eigenvalue weighted by Gasteiger charge is -2.38. The van der Waals surface area contributed by atoms with Crippen LogP contribution in [-0.2, 0) is 17.6 Å². The number of ether oxygens (including phenoxy) is 2. The molecule has 4 nitrogen and oxygen atoms in total. The van der Waals surface area contributed by atoms with Crippen LogP contribution in [0.2, 0.25) is 0 Å². The second kappa shape index (κ2) is 7.74. The molecule has 1 aliphatic carbocycles. The van der Waals surface area contributed by atoms with Crippen LogP contribution in [0.15, 0.2) is 36.4 Å². The van der Waals surface area contributed by atoms with Gasteiger partial charge in [-0.05, 0) is 82.2 Å². The Kier molecular flexibility index (Phi) is 5.28. The summed E-state index contributed by atoms with van der Waals surface area (Å²) in [5.74, 6) is 1.62. The zero-order valence-electron chi connectivity index (χ0n) is 17.9. The second-order valence-electron chi connectivity index (χ2n) is 9.03. The Bertz CT molecular complexity index is 918. The molecule has 2 atom stereocenters. The zero-order valence-corrected chi connectivity index (χ0v) is 17.9. The van der Waals surface area contributed by atoms with Gasteiger partial charge < -0.3 is 14.8 Å². The predicted molar refractivity (Wildman–Crippen MR) is 115 cm³/mol. The predicted octanol–water partition coefficient (Wildman–Crippen LogP) is 5.06. The molecule has 2 aliphatic rings. The van der Waals surface area contributed by atoms with Crippen molar-refractivity contribution in [2.45, 2.75) is 77.5 Å². The number of carbonyl (C=O) groups is 1. The minimum absolute atomic E-state index is 0.0856. The average Bonchev–Trinajstić information content (AvgIpc) is 2.67. The number of benzene rings is 2. The zero-order chi connectivity index (χ0) is 20.6. The summed E-state index contributed by atoms with van der Waals surface area (Å²) in [6.07, 6.45) is 4.71. The molecule has 0 bridgehead atoms. The Hall–Kier alpha value is -2.49. The third kappa shape index (κ3) is 4.26. The van der Waals surface area contributed by atoms with E-state index >= 15 is 0 Å². The Labute approximate surface area is 173 Å². The van der Waals surface area contributed by atoms with Gasteiger partial charge in [-0.2, -0.15) is 0 Å². The van der Waals surface area contributed by atoms with Gasteiger partial charge in [0.2, 0.25) is 0 Å². The standard InChI is InChI=1S/C25H31NO3/c1-16-12-13-20-21(15-25(3,4)29-23(20)14-16)26-24(27)17(2)28-22-11-7-9-18-8-5-6-10-19(18)22/h7,9,11-14,17,21H,5-6,8,10,15H2,1-4H3,(H,26,27)/t17-,21-/m0/s1. The van der Waals surface area contributed by atoms with E-state index in [0.29, 0.717) is 0 Å². The Morgan fingerprint density at radius 3 is 2.83 bits per heavy atom. The summed E-state index contributed by atoms with van der Waals surface area (Å²) >= 11 is 0. The van der Waals surface area contributed by atoms with Crippen LogP contribution in [0.3, 0.4) is 0 Å². The molecule has 0 spiro atoms. The van der Waals surface area contributed by atoms with Crippen molar-refractivity contribution >= 4 is 5.91 Å². The van der Waals surface area contributed by atoms with Crippen molar-refractivity contribution in [3.8, 4) is 11.5 Å². The number of aryl methyl sites for hydroxylation is 2. The second-order valence-corrected chi connectivity index (χ2v) is 9.03. The molecule has 2 aromatic carbocycles. The molecule has 4 rings (SSSR count). The van der Waals surface area contributed by atoms with Crippen LogP contribution in [0.4, 0.5) is 0 Å². The maximum absolute atomic E-state index is 13.0. The number of rotatable bonds is 4. The molecule has 0 unspecified atom stereocenters. The van der Waals surface area contributed by atoms with Crippen molar-refractivity contribution in [2.75, 3.05) is 0 Å². The van der Waals surface area contributed by atoms with Gasteiger partial charge in [0.05, 0.1) is 6.04 Å². The lowest BCUT2D eigenvalue weighted by molar-refractivity contribution is -0.128. The number of carbonyl (C=O) groups excluding carboxylic acids is 1. The van der Waals surface area contributed by atoms with Crippen molar-refractivity contribution < 1.29 is 14.3 Å². The lowest BCUT2D eigenvalue weighted by Crippen LogP contribution is -2.44. The quantitative estimate of drug-likeness (QED) is 0.790. The summed E-state index contributed by atoms with van der Waals surface area (Å²) in [5, 5.41) is 3.21. The van der Waals surface area contributed by atoms with Crippen LogP contribution < -0.4 is 14.8 Å². The van der Waals surface area contributed by atoms with E-state index in [-0.39, 0.29) is 17.6 Å². The number of amides is 1. The fourth-order valence-electron chi connectivity index (χ4n) is 4.48. The lowest BCUT2D eigenvalue weighted by atomic mass is 9.89. The SMILES string of the molecule is Cc1ccc2c(c1)OC(C)(C)C[C@@H]2NC(=O)[C@H](C)Oc1cccc2c1CCCC2. The normalized spacial score (nSPS) is 20.6. The minimum Gasteiger partial charge on any atom is -0.487 e. The largest absolute Gasteiger partial charge is 0.487 e. The summed E-state index contributed by atoms with van der Waals surface area (Å²) in [6, 6.07) is 12.3. The molecule has 0 radical (unpaired) electrons. The molecule has 1 amide bonds. The Morgan fingerprint density at radius 2 is 2.00 bits per heavy atom. The minimum atomic E-state index is -0.553. The van der Waals surface area contributed by atoms with Crippen LogP contribution >= 0.6 is 0 Å². The molecule has 0 saturated carbocycles. The van der Waals surface area contributed by atoms with Crippen LogP contribution in [0.1, 0.15) is 68.3 Å². The molecule has 29 heavy (non-hydrogen) atoms. The highest BCUT2D eigenvalue weighted by molar-refractivity contribution is 5.81. The molecule has 4 heteroatoms. The number of hydrogen-bond acceptors (Lipinski definition) is 3. The van der Waals surface area contributed by atoms with Gasteiger partial charge in [-0.15, -0.1) is 0 Å². The molecule has 154 valence electrons. The maximum Gasteiger partial charge on any atom is 0.261 e. The maximum atomic E-state index is 13.0. The number of nitrogens with one attached hydrogen (secondary N) is 1. The summed E-state index contributed by atoms with van der Waals surface area (Å²) < 4.78 is 12.3. The van der Waals surface area contributed by atoms with Crippen molar-refractivity contribution in [1.29, 1.82) is 0 Å². The van der Waals surface area contributed by atoms with Crippen molar-refractivity contribution in [3.63, 3.8) is 0 Å². The molecule has 0 fully saturated rings. The van der Waals surface area contributed by atoms with Crippen LogP contribution in [0, 0.1) is 6.92 Å². The summed E-state index contributed by atoms with van der Waals surface area (Å²) in [5.41, 5.74) is 4.48. The molecular formula is C25H31NO3. The molecule has 2 aromatic rings. The smallest absolute Gasteiger partial charge is 0.261 e. The van der Waals surface area contributed by atoms with Gasteiger partial charge in [0.25, 0.3) is 5.91 Å². The first-order valence-corrected chi connectivity index (χ1v) is 10.7. The van der Waals surface area contributed by atoms with Gasteiger partial charge in [-0.1, -0.05) is 24.3 Å². The first kappa shape index (κ1) is 19.8. The molecule has 1 N–H and O–H groups in total. The monoisotopic (exact) mass is 393 g/mol. The van der Waals surface area contributed by atoms with E-state index in [1.807, 2.05) is 25.1 Å². The fraction of sp³-hybridized carbons (Fsp3) is 0.480. The van der Waals surface area contributed by atoms with E-state index in [2.05, 4.69) is 44.3 Å². The van der Waals surface area contributed by atoms with Gasteiger partial charge in [0.15, 0.2) is 6.10 Å². The van der Waals surface area contributed by atoms with E-state index in [9.17, 15) is 4.79 Å². The molecule has 1 aliphatic heterocycles. The van der Waals surface area contributed by atoms with Crippen molar-refractivity contribution in [3.05, 3.63) is 58.7 Å². The highest BCUT2D eigenvalue weighted by atomic mass is 16.5. The number of fused-ring (bicyclic) bond motifs is 2. The number of hydrogen-bond donors (Lipinski definition) is 1. The van der Waals surface area contributed by atoms with E-state index in [1.54, 1.807) is 0 Å². The topological polar surface area (TPSA) is 47.6 Å². The van der Waals surface area contributed by atoms with Crippen LogP contribution in [0.5, 0.6) is 11.5 Å². The fourth-order valence-corrected chi connectivity index (χ4v) is 4.48. The van der Waals surface area contributed by atoms with Gasteiger partial charge in [0, 0.05) is 12.0 Å². The summed E-state index contributed by atoms with van der Waals surface area (Å²) in [6.45, 7) is 8.01. The van der Waals surface area contributed by atoms with Gasteiger partial charge >= 0.3 is 0 Å². The van der Waals surface area contributed by atoms with Gasteiger partial charge in [-0.3, -0.25) is 4.79 Å². The first-order valence-electron chi connectivity index (χ1n) is 10.7.